The van der Waals surface area contributed by atoms with Gasteiger partial charge in [-0.15, -0.1) is 0 Å². The summed E-state index contributed by atoms with van der Waals surface area (Å²) in [5.41, 5.74) is 0. The van der Waals surface area contributed by atoms with Crippen molar-refractivity contribution in [1.29, 1.82) is 0 Å². The van der Waals surface area contributed by atoms with Crippen molar-refractivity contribution in [2.24, 2.45) is 5.92 Å². The molecule has 1 aliphatic heterocycles. The van der Waals surface area contributed by atoms with Crippen LogP contribution in [0.2, 0.25) is 0 Å². The van der Waals surface area contributed by atoms with E-state index < -0.39 is 26.7 Å². The summed E-state index contributed by atoms with van der Waals surface area (Å²) >= 11 is 0. The maximum Gasteiger partial charge on any atom is 0.189 e. The standard InChI is InChI=1S/C11H11FO4S/c12-8-1-3-9(4-2-8)17(14,15)11-5-7(11)6-16-10(11)13/h1-4,7,10,13H,5-6H2/t7-,10?,11+/m0/s1. The lowest BCUT2D eigenvalue weighted by Gasteiger charge is -2.18. The van der Waals surface area contributed by atoms with Crippen LogP contribution >= 0.6 is 0 Å². The Bertz CT molecular complexity index is 553. The molecule has 1 saturated carbocycles. The van der Waals surface area contributed by atoms with Crippen LogP contribution in [-0.4, -0.2) is 31.2 Å². The summed E-state index contributed by atoms with van der Waals surface area (Å²) in [5.74, 6) is -0.635. The zero-order valence-electron chi connectivity index (χ0n) is 8.84. The van der Waals surface area contributed by atoms with Crippen LogP contribution in [-0.2, 0) is 14.6 Å². The van der Waals surface area contributed by atoms with Crippen molar-refractivity contribution in [2.75, 3.05) is 6.61 Å². The fourth-order valence-corrected chi connectivity index (χ4v) is 4.67. The van der Waals surface area contributed by atoms with Gasteiger partial charge >= 0.3 is 0 Å². The van der Waals surface area contributed by atoms with E-state index in [-0.39, 0.29) is 17.4 Å². The summed E-state index contributed by atoms with van der Waals surface area (Å²) in [7, 11) is -3.67. The molecule has 1 heterocycles. The number of hydrogen-bond acceptors (Lipinski definition) is 4. The predicted molar refractivity (Wildman–Crippen MR) is 56.4 cm³/mol. The van der Waals surface area contributed by atoms with Crippen LogP contribution in [0, 0.1) is 11.7 Å². The molecule has 0 aromatic heterocycles. The molecular formula is C11H11FO4S. The first-order valence-corrected chi connectivity index (χ1v) is 6.77. The zero-order chi connectivity index (χ0) is 12.3. The van der Waals surface area contributed by atoms with Crippen LogP contribution in [0.4, 0.5) is 4.39 Å². The minimum atomic E-state index is -3.67. The lowest BCUT2D eigenvalue weighted by Crippen LogP contribution is -2.35. The van der Waals surface area contributed by atoms with Gasteiger partial charge in [-0.2, -0.15) is 0 Å². The highest BCUT2D eigenvalue weighted by atomic mass is 32.2. The molecule has 0 amide bonds. The van der Waals surface area contributed by atoms with E-state index in [9.17, 15) is 17.9 Å². The Balaban J connectivity index is 2.05. The fourth-order valence-electron chi connectivity index (χ4n) is 2.47. The summed E-state index contributed by atoms with van der Waals surface area (Å²) in [6, 6.07) is 4.64. The molecule has 17 heavy (non-hydrogen) atoms. The number of sulfone groups is 1. The Labute approximate surface area is 97.9 Å². The summed E-state index contributed by atoms with van der Waals surface area (Å²) < 4.78 is 41.2. The molecule has 92 valence electrons. The summed E-state index contributed by atoms with van der Waals surface area (Å²) in [6.07, 6.45) is -0.865. The van der Waals surface area contributed by atoms with Gasteiger partial charge in [0.25, 0.3) is 0 Å². The first kappa shape index (κ1) is 11.1. The maximum absolute atomic E-state index is 12.8. The van der Waals surface area contributed by atoms with E-state index >= 15 is 0 Å². The zero-order valence-corrected chi connectivity index (χ0v) is 9.65. The third kappa shape index (κ3) is 1.31. The molecule has 0 spiro atoms. The number of benzene rings is 1. The van der Waals surface area contributed by atoms with E-state index in [4.69, 9.17) is 4.74 Å². The summed E-state index contributed by atoms with van der Waals surface area (Å²) in [5, 5.41) is 9.67. The van der Waals surface area contributed by atoms with Crippen LogP contribution in [0.15, 0.2) is 29.2 Å². The SMILES string of the molecule is O=S(=O)(c1ccc(F)cc1)[C@]12C[C@H]1COC2O. The highest BCUT2D eigenvalue weighted by molar-refractivity contribution is 7.93. The topological polar surface area (TPSA) is 63.6 Å². The number of ether oxygens (including phenoxy) is 1. The highest BCUT2D eigenvalue weighted by Crippen LogP contribution is 2.59. The number of halogens is 1. The Morgan fingerprint density at radius 3 is 2.47 bits per heavy atom. The van der Waals surface area contributed by atoms with Gasteiger partial charge in [-0.1, -0.05) is 0 Å². The van der Waals surface area contributed by atoms with Crippen molar-refractivity contribution in [1.82, 2.24) is 0 Å². The van der Waals surface area contributed by atoms with E-state index in [2.05, 4.69) is 0 Å². The number of fused-ring (bicyclic) bond motifs is 1. The van der Waals surface area contributed by atoms with Gasteiger partial charge in [0.1, 0.15) is 10.6 Å². The quantitative estimate of drug-likeness (QED) is 0.793. The molecule has 1 N–H and O–H groups in total. The Morgan fingerprint density at radius 1 is 1.35 bits per heavy atom. The second-order valence-electron chi connectivity index (χ2n) is 4.50. The molecule has 3 atom stereocenters. The Hall–Kier alpha value is -0.980. The van der Waals surface area contributed by atoms with Crippen molar-refractivity contribution in [3.05, 3.63) is 30.1 Å². The molecule has 1 aromatic carbocycles. The predicted octanol–water partition coefficient (Wildman–Crippen LogP) is 0.707. The molecule has 2 aliphatic rings. The molecule has 6 heteroatoms. The number of hydrogen-bond donors (Lipinski definition) is 1. The average molecular weight is 258 g/mol. The lowest BCUT2D eigenvalue weighted by molar-refractivity contribution is -0.0765. The smallest absolute Gasteiger partial charge is 0.189 e. The molecule has 1 aliphatic carbocycles. The van der Waals surface area contributed by atoms with Crippen molar-refractivity contribution < 1.29 is 22.7 Å². The van der Waals surface area contributed by atoms with Gasteiger partial charge in [0.05, 0.1) is 11.5 Å². The normalized spacial score (nSPS) is 35.6. The summed E-state index contributed by atoms with van der Waals surface area (Å²) in [6.45, 7) is 0.265. The Morgan fingerprint density at radius 2 is 2.00 bits per heavy atom. The van der Waals surface area contributed by atoms with Crippen LogP contribution in [0.1, 0.15) is 6.42 Å². The molecular weight excluding hydrogens is 247 g/mol. The number of rotatable bonds is 2. The second kappa shape index (κ2) is 3.28. The van der Waals surface area contributed by atoms with E-state index in [0.717, 1.165) is 12.1 Å². The van der Waals surface area contributed by atoms with Gasteiger partial charge < -0.3 is 9.84 Å². The van der Waals surface area contributed by atoms with Gasteiger partial charge in [0.2, 0.25) is 0 Å². The van der Waals surface area contributed by atoms with Crippen LogP contribution < -0.4 is 0 Å². The van der Waals surface area contributed by atoms with Gasteiger partial charge in [0, 0.05) is 5.92 Å². The summed E-state index contributed by atoms with van der Waals surface area (Å²) in [4.78, 5) is 0.0333. The largest absolute Gasteiger partial charge is 0.367 e. The lowest BCUT2D eigenvalue weighted by atomic mass is 10.3. The highest BCUT2D eigenvalue weighted by Gasteiger charge is 2.72. The van der Waals surface area contributed by atoms with Gasteiger partial charge in [-0.25, -0.2) is 12.8 Å². The van der Waals surface area contributed by atoms with Gasteiger partial charge in [-0.05, 0) is 30.7 Å². The molecule has 1 unspecified atom stereocenters. The van der Waals surface area contributed by atoms with Crippen LogP contribution in [0.3, 0.4) is 0 Å². The third-order valence-corrected chi connectivity index (χ3v) is 6.19. The van der Waals surface area contributed by atoms with E-state index in [1.807, 2.05) is 0 Å². The molecule has 0 bridgehead atoms. The Kier molecular flexibility index (Phi) is 2.14. The minimum Gasteiger partial charge on any atom is -0.367 e. The average Bonchev–Trinajstić information content (AvgIpc) is 2.95. The fraction of sp³-hybridized carbons (Fsp3) is 0.455. The van der Waals surface area contributed by atoms with Crippen molar-refractivity contribution in [2.45, 2.75) is 22.4 Å². The monoisotopic (exact) mass is 258 g/mol. The van der Waals surface area contributed by atoms with Crippen LogP contribution in [0.25, 0.3) is 0 Å². The van der Waals surface area contributed by atoms with E-state index in [0.29, 0.717) is 6.42 Å². The molecule has 3 rings (SSSR count). The minimum absolute atomic E-state index is 0.0333. The number of aliphatic hydroxyl groups is 1. The van der Waals surface area contributed by atoms with E-state index in [1.165, 1.54) is 12.1 Å². The molecule has 2 fully saturated rings. The van der Waals surface area contributed by atoms with Crippen molar-refractivity contribution in [3.8, 4) is 0 Å². The van der Waals surface area contributed by atoms with E-state index in [1.54, 1.807) is 0 Å². The number of aliphatic hydroxyl groups excluding tert-OH is 1. The molecule has 4 nitrogen and oxygen atoms in total. The molecule has 1 aromatic rings. The first-order valence-electron chi connectivity index (χ1n) is 5.28. The maximum atomic E-state index is 12.8. The molecule has 1 saturated heterocycles. The molecule has 0 radical (unpaired) electrons. The van der Waals surface area contributed by atoms with Crippen molar-refractivity contribution >= 4 is 9.84 Å². The second-order valence-corrected chi connectivity index (χ2v) is 6.74. The third-order valence-electron chi connectivity index (χ3n) is 3.59. The van der Waals surface area contributed by atoms with Gasteiger partial charge in [-0.3, -0.25) is 0 Å². The van der Waals surface area contributed by atoms with Crippen molar-refractivity contribution in [3.63, 3.8) is 0 Å². The van der Waals surface area contributed by atoms with Crippen LogP contribution in [0.5, 0.6) is 0 Å². The first-order chi connectivity index (χ1) is 7.98. The van der Waals surface area contributed by atoms with Gasteiger partial charge in [0.15, 0.2) is 16.1 Å².